The predicted molar refractivity (Wildman–Crippen MR) is 111 cm³/mol. The van der Waals surface area contributed by atoms with Crippen LogP contribution < -0.4 is 15.0 Å². The Morgan fingerprint density at radius 3 is 2.50 bits per heavy atom. The number of anilines is 1. The van der Waals surface area contributed by atoms with E-state index in [1.807, 2.05) is 0 Å². The quantitative estimate of drug-likeness (QED) is 0.348. The number of nitrogens with one attached hydrogen (secondary N) is 1. The Morgan fingerprint density at radius 2 is 1.88 bits per heavy atom. The number of rotatable bonds is 8. The highest BCUT2D eigenvalue weighted by atomic mass is 32.1. The topological polar surface area (TPSA) is 50.8 Å². The van der Waals surface area contributed by atoms with E-state index in [2.05, 4.69) is 5.32 Å². The number of amides is 1. The summed E-state index contributed by atoms with van der Waals surface area (Å²) < 4.78 is 73.8. The van der Waals surface area contributed by atoms with Gasteiger partial charge in [0.15, 0.2) is 5.11 Å². The van der Waals surface area contributed by atoms with E-state index in [0.717, 1.165) is 0 Å². The van der Waals surface area contributed by atoms with E-state index in [1.54, 1.807) is 6.07 Å². The van der Waals surface area contributed by atoms with Crippen LogP contribution >= 0.6 is 12.2 Å². The standard InChI is InChI=1S/C21H17F5N2O3S/c1-30-17-7-2-12(8-13(17)10-31-11-21(25,26)19(23)24)9-16-18(29)28(20(32)27-16)15-5-3-14(22)4-6-15/h2-9,19H,10-11H2,1H3,(H,27,32)/b16-9+. The minimum atomic E-state index is -4.27. The molecule has 0 saturated carbocycles. The predicted octanol–water partition coefficient (Wildman–Crippen LogP) is 4.51. The fourth-order valence-corrected chi connectivity index (χ4v) is 3.19. The van der Waals surface area contributed by atoms with Crippen molar-refractivity contribution in [3.8, 4) is 5.75 Å². The van der Waals surface area contributed by atoms with E-state index < -0.39 is 37.3 Å². The molecule has 3 rings (SSSR count). The van der Waals surface area contributed by atoms with E-state index in [9.17, 15) is 26.7 Å². The van der Waals surface area contributed by atoms with E-state index in [1.165, 1.54) is 54.5 Å². The molecule has 1 fully saturated rings. The number of ether oxygens (including phenoxy) is 2. The van der Waals surface area contributed by atoms with Crippen molar-refractivity contribution in [3.05, 3.63) is 65.1 Å². The number of nitrogens with zero attached hydrogens (tertiary/aromatic N) is 1. The third kappa shape index (κ3) is 5.22. The van der Waals surface area contributed by atoms with Crippen molar-refractivity contribution in [2.24, 2.45) is 0 Å². The highest BCUT2D eigenvalue weighted by Gasteiger charge is 2.41. The number of hydrogen-bond acceptors (Lipinski definition) is 4. The van der Waals surface area contributed by atoms with E-state index in [0.29, 0.717) is 22.6 Å². The molecule has 2 aromatic rings. The number of methoxy groups -OCH3 is 1. The molecule has 0 bridgehead atoms. The average Bonchev–Trinajstić information content (AvgIpc) is 3.01. The van der Waals surface area contributed by atoms with Gasteiger partial charge in [0.25, 0.3) is 5.91 Å². The van der Waals surface area contributed by atoms with Gasteiger partial charge in [0, 0.05) is 5.56 Å². The maximum atomic E-state index is 13.2. The van der Waals surface area contributed by atoms with Crippen LogP contribution in [0.25, 0.3) is 6.08 Å². The monoisotopic (exact) mass is 472 g/mol. The Balaban J connectivity index is 1.79. The molecule has 5 nitrogen and oxygen atoms in total. The highest BCUT2D eigenvalue weighted by molar-refractivity contribution is 7.80. The minimum Gasteiger partial charge on any atom is -0.496 e. The zero-order valence-corrected chi connectivity index (χ0v) is 17.4. The molecule has 11 heteroatoms. The van der Waals surface area contributed by atoms with Gasteiger partial charge in [-0.15, -0.1) is 0 Å². The normalized spacial score (nSPS) is 15.6. The van der Waals surface area contributed by atoms with Crippen LogP contribution in [0.2, 0.25) is 0 Å². The lowest BCUT2D eigenvalue weighted by Crippen LogP contribution is -2.32. The van der Waals surface area contributed by atoms with Crippen molar-refractivity contribution in [3.63, 3.8) is 0 Å². The van der Waals surface area contributed by atoms with Crippen LogP contribution in [0.5, 0.6) is 5.75 Å². The second-order valence-electron chi connectivity index (χ2n) is 6.73. The largest absolute Gasteiger partial charge is 0.496 e. The van der Waals surface area contributed by atoms with Crippen molar-refractivity contribution >= 4 is 35.0 Å². The molecule has 1 aliphatic heterocycles. The first-order valence-electron chi connectivity index (χ1n) is 9.15. The molecular weight excluding hydrogens is 455 g/mol. The summed E-state index contributed by atoms with van der Waals surface area (Å²) in [5.41, 5.74) is 1.29. The summed E-state index contributed by atoms with van der Waals surface area (Å²) in [5.74, 6) is -4.92. The van der Waals surface area contributed by atoms with Crippen LogP contribution in [-0.2, 0) is 16.1 Å². The molecule has 0 aliphatic carbocycles. The van der Waals surface area contributed by atoms with Gasteiger partial charge in [0.1, 0.15) is 23.9 Å². The summed E-state index contributed by atoms with van der Waals surface area (Å²) >= 11 is 5.19. The molecular formula is C21H17F5N2O3S. The second kappa shape index (κ2) is 9.61. The molecule has 0 radical (unpaired) electrons. The molecule has 0 atom stereocenters. The van der Waals surface area contributed by atoms with Crippen LogP contribution in [0, 0.1) is 5.82 Å². The summed E-state index contributed by atoms with van der Waals surface area (Å²) in [4.78, 5) is 14.0. The van der Waals surface area contributed by atoms with Gasteiger partial charge in [-0.25, -0.2) is 13.2 Å². The van der Waals surface area contributed by atoms with Gasteiger partial charge in [0.2, 0.25) is 0 Å². The van der Waals surface area contributed by atoms with E-state index >= 15 is 0 Å². The van der Waals surface area contributed by atoms with Crippen molar-refractivity contribution in [1.29, 1.82) is 0 Å². The van der Waals surface area contributed by atoms with Crippen LogP contribution in [-0.4, -0.2) is 37.1 Å². The number of alkyl halides is 4. The number of carbonyl (C=O) groups excluding carboxylic acids is 1. The summed E-state index contributed by atoms with van der Waals surface area (Å²) in [6, 6.07) is 9.82. The maximum absolute atomic E-state index is 13.2. The van der Waals surface area contributed by atoms with Crippen molar-refractivity contribution in [1.82, 2.24) is 5.32 Å². The van der Waals surface area contributed by atoms with Gasteiger partial charge in [-0.1, -0.05) is 6.07 Å². The number of benzene rings is 2. The summed E-state index contributed by atoms with van der Waals surface area (Å²) in [6.07, 6.45) is -2.37. The second-order valence-corrected chi connectivity index (χ2v) is 7.12. The van der Waals surface area contributed by atoms with E-state index in [-0.39, 0.29) is 10.8 Å². The van der Waals surface area contributed by atoms with Crippen LogP contribution in [0.3, 0.4) is 0 Å². The van der Waals surface area contributed by atoms with Gasteiger partial charge in [0.05, 0.1) is 19.4 Å². The molecule has 1 heterocycles. The van der Waals surface area contributed by atoms with Crippen LogP contribution in [0.15, 0.2) is 48.2 Å². The minimum absolute atomic E-state index is 0.0964. The molecule has 2 aromatic carbocycles. The molecule has 1 amide bonds. The van der Waals surface area contributed by atoms with Crippen LogP contribution in [0.1, 0.15) is 11.1 Å². The van der Waals surface area contributed by atoms with Crippen LogP contribution in [0.4, 0.5) is 27.6 Å². The zero-order chi connectivity index (χ0) is 23.5. The molecule has 1 N–H and O–H groups in total. The Kier molecular flexibility index (Phi) is 7.09. The first kappa shape index (κ1) is 23.6. The average molecular weight is 472 g/mol. The van der Waals surface area contributed by atoms with E-state index in [4.69, 9.17) is 21.7 Å². The molecule has 170 valence electrons. The summed E-state index contributed by atoms with van der Waals surface area (Å²) in [5, 5.41) is 2.87. The lowest BCUT2D eigenvalue weighted by atomic mass is 10.1. The fourth-order valence-electron chi connectivity index (χ4n) is 2.89. The molecule has 1 aliphatic rings. The van der Waals surface area contributed by atoms with Crippen molar-refractivity contribution in [2.75, 3.05) is 18.6 Å². The lowest BCUT2D eigenvalue weighted by Gasteiger charge is -2.16. The first-order chi connectivity index (χ1) is 15.1. The smallest absolute Gasteiger partial charge is 0.330 e. The highest BCUT2D eigenvalue weighted by Crippen LogP contribution is 2.27. The molecule has 0 spiro atoms. The fraction of sp³-hybridized carbons (Fsp3) is 0.238. The van der Waals surface area contributed by atoms with Gasteiger partial charge in [-0.2, -0.15) is 8.78 Å². The summed E-state index contributed by atoms with van der Waals surface area (Å²) in [6.45, 7) is -1.87. The zero-order valence-electron chi connectivity index (χ0n) is 16.6. The molecule has 0 aromatic heterocycles. The van der Waals surface area contributed by atoms with Crippen molar-refractivity contribution in [2.45, 2.75) is 19.0 Å². The first-order valence-corrected chi connectivity index (χ1v) is 9.56. The van der Waals surface area contributed by atoms with Crippen molar-refractivity contribution < 1.29 is 36.2 Å². The SMILES string of the molecule is COc1ccc(/C=C2/NC(=S)N(c3ccc(F)cc3)C2=O)cc1COCC(F)(F)C(F)F. The Labute approximate surface area is 185 Å². The lowest BCUT2D eigenvalue weighted by molar-refractivity contribution is -0.168. The summed E-state index contributed by atoms with van der Waals surface area (Å²) in [7, 11) is 1.35. The number of halogens is 5. The number of carbonyl (C=O) groups is 1. The maximum Gasteiger partial charge on any atom is 0.330 e. The molecule has 0 unspecified atom stereocenters. The third-order valence-corrected chi connectivity index (χ3v) is 4.73. The molecule has 1 saturated heterocycles. The van der Waals surface area contributed by atoms with Gasteiger partial charge < -0.3 is 14.8 Å². The Morgan fingerprint density at radius 1 is 1.19 bits per heavy atom. The number of thiocarbonyl (C=S) groups is 1. The Bertz CT molecular complexity index is 1040. The number of hydrogen-bond donors (Lipinski definition) is 1. The molecule has 32 heavy (non-hydrogen) atoms. The third-order valence-electron chi connectivity index (χ3n) is 4.45. The van der Waals surface area contributed by atoms with Gasteiger partial charge >= 0.3 is 12.3 Å². The van der Waals surface area contributed by atoms with Gasteiger partial charge in [-0.3, -0.25) is 9.69 Å². The van der Waals surface area contributed by atoms with Gasteiger partial charge in [-0.05, 0) is 60.3 Å². The Hall–Kier alpha value is -3.05.